The number of methoxy groups -OCH3 is 1. The molecule has 0 bridgehead atoms. The number of carbonyl (C=O) groups is 1. The fourth-order valence-corrected chi connectivity index (χ4v) is 5.05. The molecule has 1 unspecified atom stereocenters. The van der Waals surface area contributed by atoms with Gasteiger partial charge in [0.05, 0.1) is 18.2 Å². The summed E-state index contributed by atoms with van der Waals surface area (Å²) in [5.41, 5.74) is 0.302. The van der Waals surface area contributed by atoms with Crippen LogP contribution in [0.5, 0.6) is 5.75 Å². The number of aryl methyl sites for hydroxylation is 1. The fraction of sp³-hybridized carbons (Fsp3) is 0.241. The second-order valence-electron chi connectivity index (χ2n) is 9.38. The molecule has 1 amide bonds. The van der Waals surface area contributed by atoms with E-state index in [1.807, 2.05) is 24.8 Å². The van der Waals surface area contributed by atoms with E-state index in [-0.39, 0.29) is 40.1 Å². The van der Waals surface area contributed by atoms with E-state index >= 15 is 4.39 Å². The van der Waals surface area contributed by atoms with Gasteiger partial charge in [0.2, 0.25) is 5.91 Å². The van der Waals surface area contributed by atoms with E-state index in [2.05, 4.69) is 16.5 Å². The summed E-state index contributed by atoms with van der Waals surface area (Å²) < 4.78 is 37.2. The number of fused-ring (bicyclic) bond motifs is 1. The molecule has 0 N–H and O–H groups in total. The lowest BCUT2D eigenvalue weighted by molar-refractivity contribution is -0.126. The van der Waals surface area contributed by atoms with Crippen LogP contribution in [0.25, 0.3) is 28.0 Å². The van der Waals surface area contributed by atoms with Gasteiger partial charge in [-0.15, -0.1) is 0 Å². The van der Waals surface area contributed by atoms with E-state index in [0.717, 1.165) is 0 Å². The zero-order chi connectivity index (χ0) is 27.8. The third-order valence-corrected chi connectivity index (χ3v) is 6.96. The molecular formula is C29H27F2N5O3. The molecule has 0 saturated carbocycles. The lowest BCUT2D eigenvalue weighted by Gasteiger charge is -2.40. The number of hydrogen-bond acceptors (Lipinski definition) is 6. The number of carbonyl (C=O) groups excluding carboxylic acids is 1. The van der Waals surface area contributed by atoms with Crippen molar-refractivity contribution < 1.29 is 18.3 Å². The number of para-hydroxylation sites is 1. The number of benzene rings is 2. The van der Waals surface area contributed by atoms with Crippen LogP contribution in [0.2, 0.25) is 0 Å². The quantitative estimate of drug-likeness (QED) is 0.358. The first-order valence-electron chi connectivity index (χ1n) is 12.4. The van der Waals surface area contributed by atoms with Gasteiger partial charge in [-0.2, -0.15) is 4.98 Å². The summed E-state index contributed by atoms with van der Waals surface area (Å²) in [5.74, 6) is -0.953. The fourth-order valence-electron chi connectivity index (χ4n) is 5.05. The molecule has 5 rings (SSSR count). The Labute approximate surface area is 223 Å². The number of aromatic nitrogens is 3. The van der Waals surface area contributed by atoms with E-state index in [1.54, 1.807) is 23.1 Å². The van der Waals surface area contributed by atoms with Crippen LogP contribution in [-0.4, -0.2) is 58.1 Å². The Hall–Kier alpha value is -4.60. The molecule has 39 heavy (non-hydrogen) atoms. The molecular weight excluding hydrogens is 504 g/mol. The molecule has 1 aliphatic heterocycles. The minimum Gasteiger partial charge on any atom is -0.495 e. The average Bonchev–Trinajstić information content (AvgIpc) is 2.93. The molecule has 1 atom stereocenters. The molecule has 2 aromatic carbocycles. The van der Waals surface area contributed by atoms with Crippen LogP contribution in [0.1, 0.15) is 12.5 Å². The van der Waals surface area contributed by atoms with Crippen molar-refractivity contribution in [2.75, 3.05) is 31.6 Å². The number of anilines is 1. The van der Waals surface area contributed by atoms with E-state index < -0.39 is 17.3 Å². The smallest absolute Gasteiger partial charge is 0.355 e. The Kier molecular flexibility index (Phi) is 6.86. The normalized spacial score (nSPS) is 15.5. The molecule has 10 heteroatoms. The first kappa shape index (κ1) is 26.0. The van der Waals surface area contributed by atoms with E-state index in [0.29, 0.717) is 36.6 Å². The Balaban J connectivity index is 1.80. The predicted molar refractivity (Wildman–Crippen MR) is 145 cm³/mol. The van der Waals surface area contributed by atoms with Gasteiger partial charge in [-0.25, -0.2) is 23.1 Å². The third-order valence-electron chi connectivity index (χ3n) is 6.96. The standard InChI is InChI=1S/C29H27F2N5O3/c1-5-24(37)34-13-14-35(18(3)16-34)27-20-15-22(31)25(19-10-6-7-11-21(19)30)32-28(20)36(29(38)33-27)26-17(2)9-8-12-23(26)39-4/h5-12,15,18H,1,13-14,16H2,2-4H3. The first-order chi connectivity index (χ1) is 18.7. The topological polar surface area (TPSA) is 80.6 Å². The van der Waals surface area contributed by atoms with Crippen LogP contribution in [0.15, 0.2) is 66.0 Å². The van der Waals surface area contributed by atoms with Crippen molar-refractivity contribution in [3.8, 4) is 22.7 Å². The van der Waals surface area contributed by atoms with Crippen molar-refractivity contribution in [3.05, 3.63) is 88.9 Å². The number of hydrogen-bond donors (Lipinski definition) is 0. The summed E-state index contributed by atoms with van der Waals surface area (Å²) in [5, 5.41) is 0.271. The highest BCUT2D eigenvalue weighted by atomic mass is 19.1. The van der Waals surface area contributed by atoms with E-state index in [4.69, 9.17) is 4.74 Å². The van der Waals surface area contributed by atoms with Gasteiger partial charge >= 0.3 is 5.69 Å². The molecule has 200 valence electrons. The summed E-state index contributed by atoms with van der Waals surface area (Å²) in [6.45, 7) is 8.35. The summed E-state index contributed by atoms with van der Waals surface area (Å²) in [6.07, 6.45) is 1.26. The highest BCUT2D eigenvalue weighted by molar-refractivity contribution is 5.91. The minimum atomic E-state index is -0.759. The Morgan fingerprint density at radius 1 is 1.10 bits per heavy atom. The number of pyridine rings is 1. The number of nitrogens with zero attached hydrogens (tertiary/aromatic N) is 5. The highest BCUT2D eigenvalue weighted by Crippen LogP contribution is 2.34. The van der Waals surface area contributed by atoms with Crippen molar-refractivity contribution in [1.29, 1.82) is 0 Å². The van der Waals surface area contributed by atoms with Crippen LogP contribution in [0.3, 0.4) is 0 Å². The van der Waals surface area contributed by atoms with Gasteiger partial charge in [0.15, 0.2) is 5.65 Å². The molecule has 1 aliphatic rings. The Bertz CT molecular complexity index is 1670. The monoisotopic (exact) mass is 531 g/mol. The Morgan fingerprint density at radius 2 is 1.87 bits per heavy atom. The maximum atomic E-state index is 15.7. The SMILES string of the molecule is C=CC(=O)N1CCN(c2nc(=O)n(-c3c(C)cccc3OC)c3nc(-c4ccccc4F)c(F)cc23)C(C)C1. The zero-order valence-corrected chi connectivity index (χ0v) is 21.8. The van der Waals surface area contributed by atoms with Crippen molar-refractivity contribution in [2.45, 2.75) is 19.9 Å². The van der Waals surface area contributed by atoms with Crippen LogP contribution in [0, 0.1) is 18.6 Å². The molecule has 1 saturated heterocycles. The van der Waals surface area contributed by atoms with Crippen LogP contribution >= 0.6 is 0 Å². The lowest BCUT2D eigenvalue weighted by atomic mass is 10.1. The molecule has 8 nitrogen and oxygen atoms in total. The number of rotatable bonds is 5. The zero-order valence-electron chi connectivity index (χ0n) is 21.8. The second-order valence-corrected chi connectivity index (χ2v) is 9.38. The van der Waals surface area contributed by atoms with Crippen LogP contribution in [0.4, 0.5) is 14.6 Å². The first-order valence-corrected chi connectivity index (χ1v) is 12.4. The molecule has 3 heterocycles. The van der Waals surface area contributed by atoms with Gasteiger partial charge < -0.3 is 14.5 Å². The van der Waals surface area contributed by atoms with Gasteiger partial charge in [0.25, 0.3) is 0 Å². The van der Waals surface area contributed by atoms with Crippen LogP contribution in [-0.2, 0) is 4.79 Å². The van der Waals surface area contributed by atoms with E-state index in [1.165, 1.54) is 42.0 Å². The van der Waals surface area contributed by atoms with Gasteiger partial charge in [0.1, 0.15) is 28.9 Å². The molecule has 0 aliphatic carbocycles. The molecule has 2 aromatic heterocycles. The predicted octanol–water partition coefficient (Wildman–Crippen LogP) is 4.27. The Morgan fingerprint density at radius 3 is 2.56 bits per heavy atom. The summed E-state index contributed by atoms with van der Waals surface area (Å²) >= 11 is 0. The lowest BCUT2D eigenvalue weighted by Crippen LogP contribution is -2.54. The highest BCUT2D eigenvalue weighted by Gasteiger charge is 2.30. The molecule has 0 radical (unpaired) electrons. The third kappa shape index (κ3) is 4.52. The molecule has 1 fully saturated rings. The molecule has 0 spiro atoms. The van der Waals surface area contributed by atoms with Crippen molar-refractivity contribution in [3.63, 3.8) is 0 Å². The minimum absolute atomic E-state index is 0.0315. The van der Waals surface area contributed by atoms with Gasteiger partial charge in [0, 0.05) is 31.2 Å². The maximum absolute atomic E-state index is 15.7. The molecule has 4 aromatic rings. The van der Waals surface area contributed by atoms with Gasteiger partial charge in [-0.05, 0) is 49.8 Å². The summed E-state index contributed by atoms with van der Waals surface area (Å²) in [6, 6.07) is 12.0. The summed E-state index contributed by atoms with van der Waals surface area (Å²) in [7, 11) is 1.48. The van der Waals surface area contributed by atoms with Crippen LogP contribution < -0.4 is 15.3 Å². The number of ether oxygens (including phenoxy) is 1. The summed E-state index contributed by atoms with van der Waals surface area (Å²) in [4.78, 5) is 38.4. The van der Waals surface area contributed by atoms with Gasteiger partial charge in [-0.1, -0.05) is 30.8 Å². The number of halogens is 2. The van der Waals surface area contributed by atoms with Crippen molar-refractivity contribution in [2.24, 2.45) is 0 Å². The number of amides is 1. The average molecular weight is 532 g/mol. The maximum Gasteiger partial charge on any atom is 0.355 e. The van der Waals surface area contributed by atoms with E-state index in [9.17, 15) is 14.0 Å². The van der Waals surface area contributed by atoms with Crippen molar-refractivity contribution in [1.82, 2.24) is 19.4 Å². The van der Waals surface area contributed by atoms with Gasteiger partial charge in [-0.3, -0.25) is 4.79 Å². The second kappa shape index (κ2) is 10.3. The van der Waals surface area contributed by atoms with Crippen molar-refractivity contribution >= 4 is 22.8 Å². The largest absolute Gasteiger partial charge is 0.495 e. The number of piperazine rings is 1.